The van der Waals surface area contributed by atoms with E-state index in [0.717, 1.165) is 16.1 Å². The van der Waals surface area contributed by atoms with Crippen LogP contribution in [0.3, 0.4) is 0 Å². The minimum absolute atomic E-state index is 0.261. The summed E-state index contributed by atoms with van der Waals surface area (Å²) in [6.45, 7) is 2.01. The Labute approximate surface area is 208 Å². The Morgan fingerprint density at radius 3 is 1.94 bits per heavy atom. The Morgan fingerprint density at radius 1 is 0.686 bits per heavy atom. The van der Waals surface area contributed by atoms with Crippen LogP contribution in [0.5, 0.6) is 11.5 Å². The number of nitrogens with zero attached hydrogens (tertiary/aromatic N) is 1. The molecule has 0 atom stereocenters. The second-order valence-corrected chi connectivity index (χ2v) is 9.05. The molecule has 6 heteroatoms. The van der Waals surface area contributed by atoms with Gasteiger partial charge in [0.1, 0.15) is 22.1 Å². The van der Waals surface area contributed by atoms with Crippen molar-refractivity contribution >= 4 is 35.0 Å². The quantitative estimate of drug-likeness (QED) is 0.297. The molecule has 1 aliphatic rings. The van der Waals surface area contributed by atoms with Crippen molar-refractivity contribution in [3.8, 4) is 11.5 Å². The molecular formula is C29H22N2O3S. The molecule has 4 aromatic carbocycles. The molecule has 1 heterocycles. The average molecular weight is 479 g/mol. The van der Waals surface area contributed by atoms with Gasteiger partial charge in [0.15, 0.2) is 0 Å². The third kappa shape index (κ3) is 4.98. The summed E-state index contributed by atoms with van der Waals surface area (Å²) >= 11 is 1.28. The smallest absolute Gasteiger partial charge is 0.283 e. The molecule has 0 aliphatic carbocycles. The van der Waals surface area contributed by atoms with Crippen LogP contribution in [-0.2, 0) is 9.59 Å². The Balaban J connectivity index is 1.44. The molecular weight excluding hydrogens is 456 g/mol. The summed E-state index contributed by atoms with van der Waals surface area (Å²) < 4.78 is 5.84. The first-order valence-electron chi connectivity index (χ1n) is 11.1. The van der Waals surface area contributed by atoms with Gasteiger partial charge < -0.3 is 10.1 Å². The SMILES string of the molecule is Cc1ccc(SC2=C(Nc3ccccc3)C(=O)N(c3ccc(Oc4ccccc4)cc3)C2=O)cc1. The number of para-hydroxylation sites is 2. The highest BCUT2D eigenvalue weighted by Crippen LogP contribution is 2.38. The first-order chi connectivity index (χ1) is 17.1. The molecule has 172 valence electrons. The molecule has 2 amide bonds. The number of nitrogens with one attached hydrogen (secondary N) is 1. The van der Waals surface area contributed by atoms with Crippen LogP contribution in [0, 0.1) is 6.92 Å². The number of benzene rings is 4. The van der Waals surface area contributed by atoms with Crippen LogP contribution in [0.1, 0.15) is 5.56 Å². The highest BCUT2D eigenvalue weighted by Gasteiger charge is 2.40. The molecule has 0 saturated carbocycles. The maximum Gasteiger partial charge on any atom is 0.283 e. The molecule has 0 aromatic heterocycles. The molecule has 0 saturated heterocycles. The van der Waals surface area contributed by atoms with E-state index in [2.05, 4.69) is 5.32 Å². The first-order valence-corrected chi connectivity index (χ1v) is 11.9. The molecule has 1 N–H and O–H groups in total. The van der Waals surface area contributed by atoms with Crippen molar-refractivity contribution in [3.63, 3.8) is 0 Å². The number of carbonyl (C=O) groups excluding carboxylic acids is 2. The predicted octanol–water partition coefficient (Wildman–Crippen LogP) is 6.78. The number of hydrogen-bond donors (Lipinski definition) is 1. The number of anilines is 2. The lowest BCUT2D eigenvalue weighted by molar-refractivity contribution is -0.120. The van der Waals surface area contributed by atoms with E-state index < -0.39 is 5.91 Å². The molecule has 0 bridgehead atoms. The summed E-state index contributed by atoms with van der Waals surface area (Å²) in [6, 6.07) is 33.6. The lowest BCUT2D eigenvalue weighted by Crippen LogP contribution is -2.32. The van der Waals surface area contributed by atoms with Crippen molar-refractivity contribution < 1.29 is 14.3 Å². The van der Waals surface area contributed by atoms with E-state index in [0.29, 0.717) is 22.1 Å². The average Bonchev–Trinajstić information content (AvgIpc) is 3.11. The summed E-state index contributed by atoms with van der Waals surface area (Å²) in [5, 5.41) is 3.17. The topological polar surface area (TPSA) is 58.6 Å². The van der Waals surface area contributed by atoms with Crippen LogP contribution in [0.4, 0.5) is 11.4 Å². The number of amides is 2. The Kier molecular flexibility index (Phi) is 6.37. The van der Waals surface area contributed by atoms with E-state index >= 15 is 0 Å². The predicted molar refractivity (Wildman–Crippen MR) is 140 cm³/mol. The second kappa shape index (κ2) is 9.91. The molecule has 4 aromatic rings. The number of thioether (sulfide) groups is 1. The van der Waals surface area contributed by atoms with Crippen LogP contribution in [-0.4, -0.2) is 11.8 Å². The van der Waals surface area contributed by atoms with Crippen molar-refractivity contribution in [3.05, 3.63) is 125 Å². The maximum atomic E-state index is 13.5. The summed E-state index contributed by atoms with van der Waals surface area (Å²) in [7, 11) is 0. The summed E-state index contributed by atoms with van der Waals surface area (Å²) in [5.74, 6) is 0.561. The normalized spacial score (nSPS) is 13.3. The van der Waals surface area contributed by atoms with Gasteiger partial charge in [-0.05, 0) is 67.6 Å². The van der Waals surface area contributed by atoms with Gasteiger partial charge in [-0.1, -0.05) is 65.9 Å². The van der Waals surface area contributed by atoms with Gasteiger partial charge in [-0.2, -0.15) is 0 Å². The fourth-order valence-corrected chi connectivity index (χ4v) is 4.55. The van der Waals surface area contributed by atoms with E-state index in [1.807, 2.05) is 91.9 Å². The third-order valence-corrected chi connectivity index (χ3v) is 6.49. The highest BCUT2D eigenvalue weighted by atomic mass is 32.2. The molecule has 1 aliphatic heterocycles. The summed E-state index contributed by atoms with van der Waals surface area (Å²) in [4.78, 5) is 29.4. The zero-order valence-electron chi connectivity index (χ0n) is 19.0. The van der Waals surface area contributed by atoms with Crippen LogP contribution in [0.25, 0.3) is 0 Å². The van der Waals surface area contributed by atoms with Crippen LogP contribution in [0.2, 0.25) is 0 Å². The van der Waals surface area contributed by atoms with E-state index in [4.69, 9.17) is 4.74 Å². The van der Waals surface area contributed by atoms with Crippen molar-refractivity contribution in [1.29, 1.82) is 0 Å². The number of ether oxygens (including phenoxy) is 1. The van der Waals surface area contributed by atoms with Gasteiger partial charge in [0.2, 0.25) is 0 Å². The van der Waals surface area contributed by atoms with Crippen LogP contribution >= 0.6 is 11.8 Å². The Hall–Kier alpha value is -4.29. The molecule has 35 heavy (non-hydrogen) atoms. The monoisotopic (exact) mass is 478 g/mol. The van der Waals surface area contributed by atoms with Crippen molar-refractivity contribution in [2.24, 2.45) is 0 Å². The minimum Gasteiger partial charge on any atom is -0.457 e. The highest BCUT2D eigenvalue weighted by molar-refractivity contribution is 8.04. The van der Waals surface area contributed by atoms with Gasteiger partial charge in [0, 0.05) is 10.6 Å². The van der Waals surface area contributed by atoms with E-state index in [9.17, 15) is 9.59 Å². The van der Waals surface area contributed by atoms with Crippen molar-refractivity contribution in [2.75, 3.05) is 10.2 Å². The fourth-order valence-electron chi connectivity index (χ4n) is 3.63. The summed E-state index contributed by atoms with van der Waals surface area (Å²) in [5.41, 5.74) is 2.60. The van der Waals surface area contributed by atoms with Crippen LogP contribution in [0.15, 0.2) is 125 Å². The number of hydrogen-bond acceptors (Lipinski definition) is 5. The molecule has 5 nitrogen and oxygen atoms in total. The number of imide groups is 1. The largest absolute Gasteiger partial charge is 0.457 e. The summed E-state index contributed by atoms with van der Waals surface area (Å²) in [6.07, 6.45) is 0. The Morgan fingerprint density at radius 2 is 1.29 bits per heavy atom. The number of aryl methyl sites for hydroxylation is 1. The van der Waals surface area contributed by atoms with E-state index in [1.165, 1.54) is 16.7 Å². The zero-order chi connectivity index (χ0) is 24.2. The van der Waals surface area contributed by atoms with E-state index in [-0.39, 0.29) is 11.6 Å². The zero-order valence-corrected chi connectivity index (χ0v) is 19.8. The maximum absolute atomic E-state index is 13.5. The number of rotatable bonds is 7. The van der Waals surface area contributed by atoms with Crippen LogP contribution < -0.4 is 15.0 Å². The minimum atomic E-state index is -0.398. The Bertz CT molecular complexity index is 1380. The van der Waals surface area contributed by atoms with Gasteiger partial charge in [-0.3, -0.25) is 9.59 Å². The van der Waals surface area contributed by atoms with Gasteiger partial charge in [-0.15, -0.1) is 0 Å². The standard InChI is InChI=1S/C29H22N2O3S/c1-20-12-18-25(19-13-20)35-27-26(30-21-8-4-2-5-9-21)28(32)31(29(27)33)22-14-16-24(17-15-22)34-23-10-6-3-7-11-23/h2-19,30H,1H3. The van der Waals surface area contributed by atoms with Gasteiger partial charge in [0.25, 0.3) is 11.8 Å². The van der Waals surface area contributed by atoms with Crippen molar-refractivity contribution in [1.82, 2.24) is 0 Å². The van der Waals surface area contributed by atoms with Crippen molar-refractivity contribution in [2.45, 2.75) is 11.8 Å². The lowest BCUT2D eigenvalue weighted by Gasteiger charge is -2.16. The molecule has 0 fully saturated rings. The number of carbonyl (C=O) groups is 2. The first kappa shape index (κ1) is 22.5. The molecule has 5 rings (SSSR count). The molecule has 0 spiro atoms. The third-order valence-electron chi connectivity index (χ3n) is 5.40. The molecule has 0 radical (unpaired) electrons. The second-order valence-electron chi connectivity index (χ2n) is 7.96. The van der Waals surface area contributed by atoms with E-state index in [1.54, 1.807) is 24.3 Å². The lowest BCUT2D eigenvalue weighted by atomic mass is 10.2. The van der Waals surface area contributed by atoms with Gasteiger partial charge in [0.05, 0.1) is 5.69 Å². The fraction of sp³-hybridized carbons (Fsp3) is 0.0345. The van der Waals surface area contributed by atoms with Gasteiger partial charge >= 0.3 is 0 Å². The molecule has 0 unspecified atom stereocenters. The van der Waals surface area contributed by atoms with Gasteiger partial charge in [-0.25, -0.2) is 4.90 Å².